The smallest absolute Gasteiger partial charge is 0.410 e. The second-order valence-corrected chi connectivity index (χ2v) is 5.91. The summed E-state index contributed by atoms with van der Waals surface area (Å²) in [6.07, 6.45) is 3.18. The van der Waals surface area contributed by atoms with E-state index in [-0.39, 0.29) is 24.8 Å². The highest BCUT2D eigenvalue weighted by Gasteiger charge is 2.33. The molecule has 1 aliphatic rings. The van der Waals surface area contributed by atoms with E-state index in [0.29, 0.717) is 13.0 Å². The predicted molar refractivity (Wildman–Crippen MR) is 70.3 cm³/mol. The van der Waals surface area contributed by atoms with Gasteiger partial charge in [-0.25, -0.2) is 4.79 Å². The number of amides is 1. The summed E-state index contributed by atoms with van der Waals surface area (Å²) in [5.41, 5.74) is 5.56. The predicted octanol–water partition coefficient (Wildman–Crippen LogP) is 1.49. The van der Waals surface area contributed by atoms with Crippen LogP contribution in [0.2, 0.25) is 0 Å². The molecule has 5 heteroatoms. The van der Waals surface area contributed by atoms with Crippen LogP contribution in [0.5, 0.6) is 0 Å². The Morgan fingerprint density at radius 3 is 2.72 bits per heavy atom. The van der Waals surface area contributed by atoms with E-state index in [1.54, 1.807) is 4.90 Å². The number of aliphatic hydroxyl groups excluding tert-OH is 1. The van der Waals surface area contributed by atoms with Crippen LogP contribution in [0.15, 0.2) is 0 Å². The number of carbonyl (C=O) groups is 1. The lowest BCUT2D eigenvalue weighted by molar-refractivity contribution is 0.00548. The molecular weight excluding hydrogens is 232 g/mol. The van der Waals surface area contributed by atoms with Crippen molar-refractivity contribution in [2.75, 3.05) is 13.2 Å². The number of piperidine rings is 1. The lowest BCUT2D eigenvalue weighted by Gasteiger charge is -2.39. The van der Waals surface area contributed by atoms with E-state index < -0.39 is 5.60 Å². The van der Waals surface area contributed by atoms with Crippen molar-refractivity contribution >= 4 is 6.09 Å². The minimum atomic E-state index is -0.486. The molecule has 1 heterocycles. The molecule has 1 rings (SSSR count). The molecule has 1 amide bonds. The fourth-order valence-corrected chi connectivity index (χ4v) is 2.29. The molecule has 0 aromatic carbocycles. The lowest BCUT2D eigenvalue weighted by atomic mass is 9.95. The number of likely N-dealkylation sites (tertiary alicyclic amines) is 1. The molecule has 2 atom stereocenters. The van der Waals surface area contributed by atoms with Crippen molar-refractivity contribution in [3.05, 3.63) is 0 Å². The molecule has 1 saturated heterocycles. The molecule has 0 radical (unpaired) electrons. The average Bonchev–Trinajstić information content (AvgIpc) is 2.27. The van der Waals surface area contributed by atoms with Crippen molar-refractivity contribution in [1.29, 1.82) is 0 Å². The third-order valence-corrected chi connectivity index (χ3v) is 3.13. The molecule has 0 aliphatic carbocycles. The molecular formula is C13H26N2O3. The summed E-state index contributed by atoms with van der Waals surface area (Å²) in [4.78, 5) is 13.8. The van der Waals surface area contributed by atoms with Crippen molar-refractivity contribution in [1.82, 2.24) is 4.90 Å². The number of ether oxygens (including phenoxy) is 1. The summed E-state index contributed by atoms with van der Waals surface area (Å²) in [5.74, 6) is 0. The number of rotatable bonds is 3. The second-order valence-electron chi connectivity index (χ2n) is 5.91. The van der Waals surface area contributed by atoms with Gasteiger partial charge < -0.3 is 20.5 Å². The molecule has 106 valence electrons. The molecule has 1 fully saturated rings. The topological polar surface area (TPSA) is 75.8 Å². The summed E-state index contributed by atoms with van der Waals surface area (Å²) < 4.78 is 5.40. The van der Waals surface area contributed by atoms with Crippen molar-refractivity contribution in [2.45, 2.75) is 64.1 Å². The Hall–Kier alpha value is -0.810. The Bertz CT molecular complexity index is 276. The van der Waals surface area contributed by atoms with Gasteiger partial charge in [0.2, 0.25) is 0 Å². The fraction of sp³-hybridized carbons (Fsp3) is 0.923. The summed E-state index contributed by atoms with van der Waals surface area (Å²) in [5, 5.41) is 8.96. The summed E-state index contributed by atoms with van der Waals surface area (Å²) in [7, 11) is 0. The maximum Gasteiger partial charge on any atom is 0.410 e. The van der Waals surface area contributed by atoms with Crippen LogP contribution in [-0.2, 0) is 4.74 Å². The van der Waals surface area contributed by atoms with Gasteiger partial charge in [0.25, 0.3) is 0 Å². The van der Waals surface area contributed by atoms with Crippen LogP contribution in [0.25, 0.3) is 0 Å². The Morgan fingerprint density at radius 2 is 2.17 bits per heavy atom. The maximum atomic E-state index is 12.1. The van der Waals surface area contributed by atoms with Crippen molar-refractivity contribution in [2.24, 2.45) is 5.73 Å². The summed E-state index contributed by atoms with van der Waals surface area (Å²) >= 11 is 0. The molecule has 3 N–H and O–H groups in total. The van der Waals surface area contributed by atoms with Gasteiger partial charge in [0.15, 0.2) is 0 Å². The first-order valence-corrected chi connectivity index (χ1v) is 6.71. The Balaban J connectivity index is 2.67. The van der Waals surface area contributed by atoms with Crippen molar-refractivity contribution in [3.63, 3.8) is 0 Å². The van der Waals surface area contributed by atoms with E-state index in [4.69, 9.17) is 15.6 Å². The maximum absolute atomic E-state index is 12.1. The van der Waals surface area contributed by atoms with E-state index >= 15 is 0 Å². The van der Waals surface area contributed by atoms with Crippen LogP contribution in [0.4, 0.5) is 4.79 Å². The highest BCUT2D eigenvalue weighted by Crippen LogP contribution is 2.22. The van der Waals surface area contributed by atoms with Crippen LogP contribution in [-0.4, -0.2) is 46.9 Å². The van der Waals surface area contributed by atoms with E-state index in [0.717, 1.165) is 19.3 Å². The zero-order valence-corrected chi connectivity index (χ0v) is 11.7. The molecule has 0 saturated carbocycles. The minimum absolute atomic E-state index is 0.0132. The Labute approximate surface area is 109 Å². The van der Waals surface area contributed by atoms with E-state index in [1.807, 2.05) is 20.8 Å². The van der Waals surface area contributed by atoms with Gasteiger partial charge in [-0.15, -0.1) is 0 Å². The number of aliphatic hydroxyl groups is 1. The third-order valence-electron chi connectivity index (χ3n) is 3.13. The van der Waals surface area contributed by atoms with Crippen LogP contribution >= 0.6 is 0 Å². The molecule has 0 aromatic rings. The highest BCUT2D eigenvalue weighted by molar-refractivity contribution is 5.68. The van der Waals surface area contributed by atoms with Gasteiger partial charge in [-0.1, -0.05) is 0 Å². The first-order valence-electron chi connectivity index (χ1n) is 6.71. The molecule has 0 aromatic heterocycles. The van der Waals surface area contributed by atoms with E-state index in [2.05, 4.69) is 0 Å². The number of hydrogen-bond donors (Lipinski definition) is 2. The Kier molecular flexibility index (Phi) is 5.41. The summed E-state index contributed by atoms with van der Waals surface area (Å²) in [6.45, 7) is 6.32. The normalized spacial score (nSPS) is 22.7. The van der Waals surface area contributed by atoms with Crippen LogP contribution in [0.3, 0.4) is 0 Å². The van der Waals surface area contributed by atoms with Gasteiger partial charge >= 0.3 is 6.09 Å². The van der Waals surface area contributed by atoms with Gasteiger partial charge in [-0.3, -0.25) is 0 Å². The summed E-state index contributed by atoms with van der Waals surface area (Å²) in [6, 6.07) is -0.191. The van der Waals surface area contributed by atoms with Gasteiger partial charge in [0.1, 0.15) is 5.60 Å². The van der Waals surface area contributed by atoms with Gasteiger partial charge in [-0.05, 0) is 46.5 Å². The molecule has 0 spiro atoms. The van der Waals surface area contributed by atoms with Crippen molar-refractivity contribution in [3.8, 4) is 0 Å². The number of hydrogen-bond acceptors (Lipinski definition) is 4. The zero-order valence-electron chi connectivity index (χ0n) is 11.7. The molecule has 1 aliphatic heterocycles. The van der Waals surface area contributed by atoms with Crippen LogP contribution in [0, 0.1) is 0 Å². The zero-order chi connectivity index (χ0) is 13.8. The van der Waals surface area contributed by atoms with Gasteiger partial charge in [0.05, 0.1) is 6.04 Å². The quantitative estimate of drug-likeness (QED) is 0.804. The molecule has 5 nitrogen and oxygen atoms in total. The van der Waals surface area contributed by atoms with Gasteiger partial charge in [-0.2, -0.15) is 0 Å². The standard InChI is InChI=1S/C13H26N2O3/c1-13(2,3)18-12(17)15-8-5-4-6-11(15)10(14)7-9-16/h10-11,16H,4-9,14H2,1-3H3/t10-,11-/m1/s1. The van der Waals surface area contributed by atoms with Crippen molar-refractivity contribution < 1.29 is 14.6 Å². The van der Waals surface area contributed by atoms with Gasteiger partial charge in [0, 0.05) is 19.2 Å². The third kappa shape index (κ3) is 4.46. The van der Waals surface area contributed by atoms with Crippen LogP contribution < -0.4 is 5.73 Å². The fourth-order valence-electron chi connectivity index (χ4n) is 2.29. The first kappa shape index (κ1) is 15.2. The molecule has 18 heavy (non-hydrogen) atoms. The highest BCUT2D eigenvalue weighted by atomic mass is 16.6. The minimum Gasteiger partial charge on any atom is -0.444 e. The second kappa shape index (κ2) is 6.38. The molecule has 0 bridgehead atoms. The number of nitrogens with zero attached hydrogens (tertiary/aromatic N) is 1. The first-order chi connectivity index (χ1) is 8.35. The number of carbonyl (C=O) groups excluding carboxylic acids is 1. The molecule has 0 unspecified atom stereocenters. The largest absolute Gasteiger partial charge is 0.444 e. The van der Waals surface area contributed by atoms with E-state index in [9.17, 15) is 4.79 Å². The average molecular weight is 258 g/mol. The van der Waals surface area contributed by atoms with Crippen LogP contribution in [0.1, 0.15) is 46.5 Å². The monoisotopic (exact) mass is 258 g/mol. The van der Waals surface area contributed by atoms with E-state index in [1.165, 1.54) is 0 Å². The SMILES string of the molecule is CC(C)(C)OC(=O)N1CCCC[C@@H]1[C@H](N)CCO. The number of nitrogens with two attached hydrogens (primary N) is 1. The lowest BCUT2D eigenvalue weighted by Crippen LogP contribution is -2.54. The Morgan fingerprint density at radius 1 is 1.50 bits per heavy atom.